The number of phenols is 1. The molecule has 4 heteroatoms. The number of nitrogens with zero attached hydrogens (tertiary/aromatic N) is 1. The van der Waals surface area contributed by atoms with Gasteiger partial charge in [0.25, 0.3) is 5.91 Å². The molecule has 4 nitrogen and oxygen atoms in total. The molecule has 0 aliphatic heterocycles. The first-order chi connectivity index (χ1) is 6.17. The summed E-state index contributed by atoms with van der Waals surface area (Å²) in [7, 11) is 1.48. The number of phenolic OH excluding ortho intramolecular Hbond substituents is 1. The van der Waals surface area contributed by atoms with Gasteiger partial charge in [-0.15, -0.1) is 0 Å². The van der Waals surface area contributed by atoms with E-state index in [1.807, 2.05) is 6.07 Å². The van der Waals surface area contributed by atoms with Crippen LogP contribution in [0.15, 0.2) is 18.2 Å². The van der Waals surface area contributed by atoms with Crippen LogP contribution in [0.1, 0.15) is 15.9 Å². The summed E-state index contributed by atoms with van der Waals surface area (Å²) in [5.74, 6) is -0.412. The molecule has 0 radical (unpaired) electrons. The van der Waals surface area contributed by atoms with Gasteiger partial charge in [-0.1, -0.05) is 0 Å². The van der Waals surface area contributed by atoms with Gasteiger partial charge in [0.1, 0.15) is 5.75 Å². The van der Waals surface area contributed by atoms with Crippen LogP contribution in [0.25, 0.3) is 0 Å². The molecule has 0 aromatic heterocycles. The molecule has 0 spiro atoms. The van der Waals surface area contributed by atoms with Gasteiger partial charge < -0.3 is 10.4 Å². The molecular weight excluding hydrogens is 168 g/mol. The van der Waals surface area contributed by atoms with Crippen LogP contribution in [0.2, 0.25) is 0 Å². The Bertz CT molecular complexity index is 380. The second kappa shape index (κ2) is 3.59. The lowest BCUT2D eigenvalue weighted by Crippen LogP contribution is -2.17. The summed E-state index contributed by atoms with van der Waals surface area (Å²) in [4.78, 5) is 11.1. The lowest BCUT2D eigenvalue weighted by molar-refractivity contribution is 0.0962. The fourth-order valence-electron chi connectivity index (χ4n) is 0.951. The van der Waals surface area contributed by atoms with Crippen LogP contribution in [-0.2, 0) is 0 Å². The normalized spacial score (nSPS) is 8.92. The van der Waals surface area contributed by atoms with E-state index in [1.54, 1.807) is 0 Å². The van der Waals surface area contributed by atoms with E-state index in [0.717, 1.165) is 0 Å². The molecular formula is C9H8N2O2. The molecule has 2 N–H and O–H groups in total. The van der Waals surface area contributed by atoms with E-state index >= 15 is 0 Å². The largest absolute Gasteiger partial charge is 0.508 e. The molecule has 0 unspecified atom stereocenters. The minimum Gasteiger partial charge on any atom is -0.508 e. The Morgan fingerprint density at radius 1 is 1.54 bits per heavy atom. The van der Waals surface area contributed by atoms with Crippen molar-refractivity contribution >= 4 is 5.91 Å². The van der Waals surface area contributed by atoms with Gasteiger partial charge in [-0.2, -0.15) is 5.26 Å². The summed E-state index contributed by atoms with van der Waals surface area (Å²) in [5, 5.41) is 20.1. The minimum atomic E-state index is -0.326. The van der Waals surface area contributed by atoms with Crippen molar-refractivity contribution in [3.63, 3.8) is 0 Å². The number of aromatic hydroxyl groups is 1. The number of benzene rings is 1. The average molecular weight is 176 g/mol. The number of hydrogen-bond donors (Lipinski definition) is 2. The summed E-state index contributed by atoms with van der Waals surface area (Å²) in [5.41, 5.74) is 0.539. The van der Waals surface area contributed by atoms with Crippen molar-refractivity contribution in [1.82, 2.24) is 5.32 Å². The molecule has 0 fully saturated rings. The van der Waals surface area contributed by atoms with Gasteiger partial charge in [0.15, 0.2) is 0 Å². The lowest BCUT2D eigenvalue weighted by Gasteiger charge is -2.00. The molecule has 0 saturated carbocycles. The zero-order valence-electron chi connectivity index (χ0n) is 7.03. The van der Waals surface area contributed by atoms with E-state index < -0.39 is 0 Å². The molecule has 1 rings (SSSR count). The third kappa shape index (κ3) is 1.97. The number of amides is 1. The van der Waals surface area contributed by atoms with Crippen molar-refractivity contribution < 1.29 is 9.90 Å². The van der Waals surface area contributed by atoms with Gasteiger partial charge in [0, 0.05) is 12.6 Å². The summed E-state index contributed by atoms with van der Waals surface area (Å²) >= 11 is 0. The lowest BCUT2D eigenvalue weighted by atomic mass is 10.1. The van der Waals surface area contributed by atoms with Crippen LogP contribution in [0, 0.1) is 11.3 Å². The predicted octanol–water partition coefficient (Wildman–Crippen LogP) is 0.623. The smallest absolute Gasteiger partial charge is 0.251 e. The van der Waals surface area contributed by atoms with E-state index in [-0.39, 0.29) is 22.8 Å². The molecule has 0 aliphatic carbocycles. The van der Waals surface area contributed by atoms with E-state index in [9.17, 15) is 4.79 Å². The Morgan fingerprint density at radius 3 is 2.77 bits per heavy atom. The Kier molecular flexibility index (Phi) is 2.50. The van der Waals surface area contributed by atoms with Gasteiger partial charge in [0.05, 0.1) is 11.6 Å². The maximum Gasteiger partial charge on any atom is 0.251 e. The quantitative estimate of drug-likeness (QED) is 0.658. The van der Waals surface area contributed by atoms with Gasteiger partial charge >= 0.3 is 0 Å². The van der Waals surface area contributed by atoms with Crippen LogP contribution in [-0.4, -0.2) is 18.1 Å². The first-order valence-electron chi connectivity index (χ1n) is 3.63. The molecule has 1 aromatic rings. The van der Waals surface area contributed by atoms with Crippen molar-refractivity contribution in [2.75, 3.05) is 7.05 Å². The number of rotatable bonds is 1. The van der Waals surface area contributed by atoms with Crippen molar-refractivity contribution in [3.8, 4) is 11.8 Å². The van der Waals surface area contributed by atoms with Crippen molar-refractivity contribution in [3.05, 3.63) is 29.3 Å². The van der Waals surface area contributed by atoms with Gasteiger partial charge in [-0.05, 0) is 18.2 Å². The number of carbonyl (C=O) groups excluding carboxylic acids is 1. The Balaban J connectivity index is 3.17. The molecule has 0 bridgehead atoms. The predicted molar refractivity (Wildman–Crippen MR) is 46.2 cm³/mol. The van der Waals surface area contributed by atoms with Crippen LogP contribution in [0.5, 0.6) is 5.75 Å². The van der Waals surface area contributed by atoms with E-state index in [2.05, 4.69) is 5.32 Å². The number of nitrogens with one attached hydrogen (secondary N) is 1. The molecule has 0 heterocycles. The summed E-state index contributed by atoms with van der Waals surface area (Å²) in [6.45, 7) is 0. The zero-order chi connectivity index (χ0) is 9.84. The Hall–Kier alpha value is -2.02. The van der Waals surface area contributed by atoms with Crippen molar-refractivity contribution in [2.24, 2.45) is 0 Å². The molecule has 66 valence electrons. The fraction of sp³-hybridized carbons (Fsp3) is 0.111. The van der Waals surface area contributed by atoms with E-state index in [0.29, 0.717) is 0 Å². The Labute approximate surface area is 75.4 Å². The van der Waals surface area contributed by atoms with Crippen LogP contribution >= 0.6 is 0 Å². The second-order valence-corrected chi connectivity index (χ2v) is 2.46. The first kappa shape index (κ1) is 9.07. The maximum absolute atomic E-state index is 11.1. The summed E-state index contributed by atoms with van der Waals surface area (Å²) < 4.78 is 0. The highest BCUT2D eigenvalue weighted by molar-refractivity contribution is 5.94. The molecule has 0 aliphatic rings. The first-order valence-corrected chi connectivity index (χ1v) is 3.63. The third-order valence-electron chi connectivity index (χ3n) is 1.54. The van der Waals surface area contributed by atoms with Gasteiger partial charge in [-0.25, -0.2) is 0 Å². The topological polar surface area (TPSA) is 73.1 Å². The molecule has 0 saturated heterocycles. The molecule has 0 atom stereocenters. The monoisotopic (exact) mass is 176 g/mol. The highest BCUT2D eigenvalue weighted by Crippen LogP contribution is 2.14. The minimum absolute atomic E-state index is 0.0855. The van der Waals surface area contributed by atoms with Crippen LogP contribution < -0.4 is 5.32 Å². The van der Waals surface area contributed by atoms with Crippen molar-refractivity contribution in [2.45, 2.75) is 0 Å². The van der Waals surface area contributed by atoms with Crippen molar-refractivity contribution in [1.29, 1.82) is 5.26 Å². The third-order valence-corrected chi connectivity index (χ3v) is 1.54. The summed E-state index contributed by atoms with van der Waals surface area (Å²) in [6.07, 6.45) is 0. The Morgan fingerprint density at radius 2 is 2.23 bits per heavy atom. The molecule has 1 aromatic carbocycles. The van der Waals surface area contributed by atoms with Crippen LogP contribution in [0.3, 0.4) is 0 Å². The van der Waals surface area contributed by atoms with E-state index in [1.165, 1.54) is 25.2 Å². The van der Waals surface area contributed by atoms with E-state index in [4.69, 9.17) is 10.4 Å². The highest BCUT2D eigenvalue weighted by Gasteiger charge is 2.05. The van der Waals surface area contributed by atoms with Gasteiger partial charge in [-0.3, -0.25) is 4.79 Å². The highest BCUT2D eigenvalue weighted by atomic mass is 16.3. The number of hydrogen-bond acceptors (Lipinski definition) is 3. The standard InChI is InChI=1S/C9H8N2O2/c1-11-9(13)7-2-6(5-10)3-8(12)4-7/h2-4,12H,1H3,(H,11,13). The number of nitriles is 1. The molecule has 13 heavy (non-hydrogen) atoms. The number of carbonyl (C=O) groups is 1. The second-order valence-electron chi connectivity index (χ2n) is 2.46. The fourth-order valence-corrected chi connectivity index (χ4v) is 0.951. The maximum atomic E-state index is 11.1. The average Bonchev–Trinajstić information content (AvgIpc) is 2.15. The van der Waals surface area contributed by atoms with Crippen LogP contribution in [0.4, 0.5) is 0 Å². The summed E-state index contributed by atoms with van der Waals surface area (Å²) in [6, 6.07) is 5.87. The zero-order valence-corrected chi connectivity index (χ0v) is 7.03. The SMILES string of the molecule is CNC(=O)c1cc(O)cc(C#N)c1. The molecule has 1 amide bonds. The van der Waals surface area contributed by atoms with Gasteiger partial charge in [0.2, 0.25) is 0 Å².